The van der Waals surface area contributed by atoms with Crippen molar-refractivity contribution >= 4 is 12.0 Å². The Morgan fingerprint density at radius 3 is 2.72 bits per heavy atom. The van der Waals surface area contributed by atoms with Crippen molar-refractivity contribution in [2.24, 2.45) is 0 Å². The van der Waals surface area contributed by atoms with Crippen molar-refractivity contribution in [1.82, 2.24) is 4.90 Å². The Kier molecular flexibility index (Phi) is 3.58. The zero-order valence-electron chi connectivity index (χ0n) is 9.48. The van der Waals surface area contributed by atoms with Crippen LogP contribution in [0.3, 0.4) is 0 Å². The van der Waals surface area contributed by atoms with Crippen molar-refractivity contribution in [2.75, 3.05) is 13.2 Å². The molecule has 0 bridgehead atoms. The van der Waals surface area contributed by atoms with Crippen LogP contribution in [-0.4, -0.2) is 30.1 Å². The fourth-order valence-electron chi connectivity index (χ4n) is 1.47. The normalized spacial score (nSPS) is 13.8. The predicted molar refractivity (Wildman–Crippen MR) is 60.9 cm³/mol. The van der Waals surface area contributed by atoms with Crippen LogP contribution in [0.15, 0.2) is 24.3 Å². The van der Waals surface area contributed by atoms with Gasteiger partial charge in [-0.15, -0.1) is 0 Å². The van der Waals surface area contributed by atoms with Crippen LogP contribution in [0.2, 0.25) is 0 Å². The summed E-state index contributed by atoms with van der Waals surface area (Å²) >= 11 is 0. The summed E-state index contributed by atoms with van der Waals surface area (Å²) in [4.78, 5) is 23.5. The van der Waals surface area contributed by atoms with Gasteiger partial charge in [0.25, 0.3) is 0 Å². The summed E-state index contributed by atoms with van der Waals surface area (Å²) in [5.41, 5.74) is 0.806. The van der Waals surface area contributed by atoms with Gasteiger partial charge in [0.05, 0.1) is 6.54 Å². The van der Waals surface area contributed by atoms with Gasteiger partial charge in [-0.2, -0.15) is 0 Å². The number of halogens is 1. The van der Waals surface area contributed by atoms with Crippen molar-refractivity contribution < 1.29 is 18.7 Å². The highest BCUT2D eigenvalue weighted by Crippen LogP contribution is 2.04. The molecule has 92 valence electrons. The van der Waals surface area contributed by atoms with Crippen molar-refractivity contribution in [3.63, 3.8) is 0 Å². The first-order valence-corrected chi connectivity index (χ1v) is 5.38. The number of imide groups is 1. The summed E-state index contributed by atoms with van der Waals surface area (Å²) in [6, 6.07) is 5.85. The molecule has 1 aromatic rings. The molecule has 5 heteroatoms. The Morgan fingerprint density at radius 2 is 2.11 bits per heavy atom. The third kappa shape index (κ3) is 2.86. The molecule has 0 aromatic heterocycles. The van der Waals surface area contributed by atoms with E-state index in [0.29, 0.717) is 6.42 Å². The van der Waals surface area contributed by atoms with E-state index in [9.17, 15) is 14.0 Å². The third-order valence-corrected chi connectivity index (χ3v) is 2.41. The molecule has 1 heterocycles. The lowest BCUT2D eigenvalue weighted by Crippen LogP contribution is -2.30. The maximum atomic E-state index is 12.6. The molecular weight excluding hydrogens is 237 g/mol. The molecule has 0 saturated carbocycles. The summed E-state index contributed by atoms with van der Waals surface area (Å²) in [6.07, 6.45) is -0.328. The van der Waals surface area contributed by atoms with Crippen molar-refractivity contribution in [2.45, 2.75) is 6.42 Å². The lowest BCUT2D eigenvalue weighted by atomic mass is 10.1. The van der Waals surface area contributed by atoms with E-state index >= 15 is 0 Å². The number of benzene rings is 1. The Morgan fingerprint density at radius 1 is 1.39 bits per heavy atom. The molecule has 0 aliphatic carbocycles. The minimum atomic E-state index is -0.656. The van der Waals surface area contributed by atoms with Gasteiger partial charge in [0.1, 0.15) is 12.4 Å². The van der Waals surface area contributed by atoms with Gasteiger partial charge in [-0.1, -0.05) is 18.1 Å². The van der Waals surface area contributed by atoms with E-state index < -0.39 is 12.0 Å². The lowest BCUT2D eigenvalue weighted by Gasteiger charge is -2.03. The minimum Gasteiger partial charge on any atom is -0.447 e. The zero-order valence-corrected chi connectivity index (χ0v) is 9.48. The highest BCUT2D eigenvalue weighted by molar-refractivity contribution is 6.03. The molecule has 2 rings (SSSR count). The highest BCUT2D eigenvalue weighted by atomic mass is 19.1. The SMILES string of the molecule is O=C(C#CCc1ccc(F)cc1)N1CCOC1=O. The van der Waals surface area contributed by atoms with Crippen LogP contribution >= 0.6 is 0 Å². The number of amides is 2. The summed E-state index contributed by atoms with van der Waals surface area (Å²) in [5, 5.41) is 0. The fourth-order valence-corrected chi connectivity index (χ4v) is 1.47. The van der Waals surface area contributed by atoms with Crippen molar-refractivity contribution in [3.05, 3.63) is 35.6 Å². The lowest BCUT2D eigenvalue weighted by molar-refractivity contribution is -0.121. The predicted octanol–water partition coefficient (Wildman–Crippen LogP) is 1.35. The fraction of sp³-hybridized carbons (Fsp3) is 0.231. The van der Waals surface area contributed by atoms with Gasteiger partial charge in [0.15, 0.2) is 0 Å². The topological polar surface area (TPSA) is 46.6 Å². The van der Waals surface area contributed by atoms with E-state index in [2.05, 4.69) is 16.6 Å². The van der Waals surface area contributed by atoms with Crippen molar-refractivity contribution in [1.29, 1.82) is 0 Å². The number of carbonyl (C=O) groups excluding carboxylic acids is 2. The standard InChI is InChI=1S/C13H10FNO3/c14-11-6-4-10(5-7-11)2-1-3-12(16)15-8-9-18-13(15)17/h4-7H,2,8-9H2. The first-order chi connectivity index (χ1) is 8.66. The molecule has 18 heavy (non-hydrogen) atoms. The number of carbonyl (C=O) groups is 2. The van der Waals surface area contributed by atoms with Crippen LogP contribution in [0.4, 0.5) is 9.18 Å². The summed E-state index contributed by atoms with van der Waals surface area (Å²) < 4.78 is 17.3. The first-order valence-electron chi connectivity index (χ1n) is 5.38. The Balaban J connectivity index is 1.94. The molecule has 0 radical (unpaired) electrons. The number of cyclic esters (lactones) is 1. The van der Waals surface area contributed by atoms with Gasteiger partial charge < -0.3 is 4.74 Å². The molecule has 0 N–H and O–H groups in total. The minimum absolute atomic E-state index is 0.213. The van der Waals surface area contributed by atoms with Crippen LogP contribution < -0.4 is 0 Å². The second-order valence-electron chi connectivity index (χ2n) is 3.68. The van der Waals surface area contributed by atoms with Crippen LogP contribution in [0.25, 0.3) is 0 Å². The molecule has 0 unspecified atom stereocenters. The van der Waals surface area contributed by atoms with Crippen molar-refractivity contribution in [3.8, 4) is 11.8 Å². The monoisotopic (exact) mass is 247 g/mol. The average molecular weight is 247 g/mol. The highest BCUT2D eigenvalue weighted by Gasteiger charge is 2.26. The Hall–Kier alpha value is -2.35. The van der Waals surface area contributed by atoms with Crippen LogP contribution in [0.5, 0.6) is 0 Å². The van der Waals surface area contributed by atoms with Gasteiger partial charge in [0.2, 0.25) is 0 Å². The number of hydrogen-bond donors (Lipinski definition) is 0. The molecule has 0 spiro atoms. The number of rotatable bonds is 1. The third-order valence-electron chi connectivity index (χ3n) is 2.41. The smallest absolute Gasteiger partial charge is 0.417 e. The molecule has 1 fully saturated rings. The number of nitrogens with zero attached hydrogens (tertiary/aromatic N) is 1. The van der Waals surface area contributed by atoms with E-state index in [0.717, 1.165) is 10.5 Å². The van der Waals surface area contributed by atoms with E-state index in [1.54, 1.807) is 12.1 Å². The van der Waals surface area contributed by atoms with Gasteiger partial charge in [-0.3, -0.25) is 4.79 Å². The number of ether oxygens (including phenoxy) is 1. The Bertz CT molecular complexity index is 527. The van der Waals surface area contributed by atoms with E-state index in [1.165, 1.54) is 12.1 Å². The second-order valence-corrected chi connectivity index (χ2v) is 3.68. The molecule has 1 aliphatic rings. The quantitative estimate of drug-likeness (QED) is 0.704. The van der Waals surface area contributed by atoms with Crippen LogP contribution in [-0.2, 0) is 16.0 Å². The van der Waals surface area contributed by atoms with Gasteiger partial charge in [-0.05, 0) is 23.6 Å². The summed E-state index contributed by atoms with van der Waals surface area (Å²) in [7, 11) is 0. The Labute approximate surface area is 103 Å². The first kappa shape index (κ1) is 12.1. The summed E-state index contributed by atoms with van der Waals surface area (Å²) in [6.45, 7) is 0.451. The molecule has 1 aliphatic heterocycles. The largest absolute Gasteiger partial charge is 0.447 e. The molecule has 2 amide bonds. The molecule has 0 atom stereocenters. The second kappa shape index (κ2) is 5.32. The van der Waals surface area contributed by atoms with Crippen LogP contribution in [0, 0.1) is 17.7 Å². The van der Waals surface area contributed by atoms with Gasteiger partial charge in [-0.25, -0.2) is 14.1 Å². The van der Waals surface area contributed by atoms with Gasteiger partial charge in [0, 0.05) is 6.42 Å². The number of hydrogen-bond acceptors (Lipinski definition) is 3. The van der Waals surface area contributed by atoms with E-state index in [-0.39, 0.29) is 19.0 Å². The zero-order chi connectivity index (χ0) is 13.0. The van der Waals surface area contributed by atoms with E-state index in [1.807, 2.05) is 0 Å². The summed E-state index contributed by atoms with van der Waals surface area (Å²) in [5.74, 6) is 4.12. The maximum Gasteiger partial charge on any atom is 0.417 e. The molecule has 1 aromatic carbocycles. The van der Waals surface area contributed by atoms with Crippen LogP contribution in [0.1, 0.15) is 5.56 Å². The van der Waals surface area contributed by atoms with E-state index in [4.69, 9.17) is 0 Å². The van der Waals surface area contributed by atoms with Gasteiger partial charge >= 0.3 is 12.0 Å². The molecule has 1 saturated heterocycles. The molecule has 4 nitrogen and oxygen atoms in total. The maximum absolute atomic E-state index is 12.6. The average Bonchev–Trinajstić information content (AvgIpc) is 2.78. The molecular formula is C13H10FNO3.